The van der Waals surface area contributed by atoms with Crippen LogP contribution in [0.4, 0.5) is 5.69 Å². The van der Waals surface area contributed by atoms with E-state index in [2.05, 4.69) is 15.0 Å². The lowest BCUT2D eigenvalue weighted by molar-refractivity contribution is -0.117. The Balaban J connectivity index is 2.01. The molecule has 0 spiro atoms. The van der Waals surface area contributed by atoms with Crippen LogP contribution in [0.1, 0.15) is 24.7 Å². The SMILES string of the molecule is COc1nc(OC)nc(C2CCC(=O)N2c2ccccc2)n1. The number of hydrogen-bond donors (Lipinski definition) is 0. The molecule has 0 saturated carbocycles. The van der Waals surface area contributed by atoms with E-state index in [4.69, 9.17) is 9.47 Å². The number of para-hydroxylation sites is 1. The van der Waals surface area contributed by atoms with Crippen LogP contribution < -0.4 is 14.4 Å². The van der Waals surface area contributed by atoms with Crippen molar-refractivity contribution in [1.29, 1.82) is 0 Å². The lowest BCUT2D eigenvalue weighted by atomic mass is 10.2. The molecule has 1 aliphatic heterocycles. The third-order valence-corrected chi connectivity index (χ3v) is 3.52. The van der Waals surface area contributed by atoms with E-state index in [1.165, 1.54) is 14.2 Å². The molecule has 1 amide bonds. The standard InChI is InChI=1S/C15H16N4O3/c1-21-14-16-13(17-15(18-14)22-2)11-8-9-12(20)19(11)10-6-4-3-5-7-10/h3-7,11H,8-9H2,1-2H3. The molecule has 1 fully saturated rings. The fourth-order valence-electron chi connectivity index (χ4n) is 2.53. The van der Waals surface area contributed by atoms with Crippen LogP contribution in [-0.2, 0) is 4.79 Å². The molecular formula is C15H16N4O3. The van der Waals surface area contributed by atoms with E-state index in [0.29, 0.717) is 18.7 Å². The molecule has 2 aromatic rings. The normalized spacial score (nSPS) is 17.6. The summed E-state index contributed by atoms with van der Waals surface area (Å²) in [6, 6.07) is 9.59. The predicted octanol–water partition coefficient (Wildman–Crippen LogP) is 1.76. The number of carbonyl (C=O) groups excluding carboxylic acids is 1. The quantitative estimate of drug-likeness (QED) is 0.856. The van der Waals surface area contributed by atoms with Gasteiger partial charge in [-0.05, 0) is 18.6 Å². The van der Waals surface area contributed by atoms with Crippen molar-refractivity contribution in [3.05, 3.63) is 36.2 Å². The van der Waals surface area contributed by atoms with E-state index in [1.54, 1.807) is 4.90 Å². The maximum absolute atomic E-state index is 12.3. The molecule has 7 nitrogen and oxygen atoms in total. The van der Waals surface area contributed by atoms with Crippen LogP contribution in [0.2, 0.25) is 0 Å². The highest BCUT2D eigenvalue weighted by Crippen LogP contribution is 2.36. The van der Waals surface area contributed by atoms with Gasteiger partial charge in [-0.2, -0.15) is 9.97 Å². The molecule has 3 rings (SSSR count). The van der Waals surface area contributed by atoms with E-state index in [9.17, 15) is 4.79 Å². The van der Waals surface area contributed by atoms with Crippen LogP contribution in [0.25, 0.3) is 0 Å². The second-order valence-corrected chi connectivity index (χ2v) is 4.82. The number of rotatable bonds is 4. The van der Waals surface area contributed by atoms with Crippen molar-refractivity contribution in [2.45, 2.75) is 18.9 Å². The van der Waals surface area contributed by atoms with Crippen LogP contribution in [0, 0.1) is 0 Å². The molecule has 1 aromatic heterocycles. The maximum Gasteiger partial charge on any atom is 0.322 e. The zero-order valence-electron chi connectivity index (χ0n) is 12.4. The largest absolute Gasteiger partial charge is 0.467 e. The van der Waals surface area contributed by atoms with Crippen LogP contribution in [0.5, 0.6) is 12.0 Å². The minimum Gasteiger partial charge on any atom is -0.467 e. The molecular weight excluding hydrogens is 284 g/mol. The summed E-state index contributed by atoms with van der Waals surface area (Å²) < 4.78 is 10.2. The minimum atomic E-state index is -0.249. The molecule has 7 heteroatoms. The van der Waals surface area contributed by atoms with Crippen molar-refractivity contribution in [2.75, 3.05) is 19.1 Å². The molecule has 22 heavy (non-hydrogen) atoms. The fourth-order valence-corrected chi connectivity index (χ4v) is 2.53. The van der Waals surface area contributed by atoms with E-state index in [1.807, 2.05) is 30.3 Å². The predicted molar refractivity (Wildman–Crippen MR) is 78.8 cm³/mol. The van der Waals surface area contributed by atoms with E-state index in [-0.39, 0.29) is 24.0 Å². The van der Waals surface area contributed by atoms with E-state index >= 15 is 0 Å². The molecule has 1 unspecified atom stereocenters. The first-order valence-corrected chi connectivity index (χ1v) is 6.94. The number of carbonyl (C=O) groups is 1. The highest BCUT2D eigenvalue weighted by molar-refractivity contribution is 5.96. The van der Waals surface area contributed by atoms with Gasteiger partial charge < -0.3 is 14.4 Å². The van der Waals surface area contributed by atoms with Gasteiger partial charge in [-0.25, -0.2) is 0 Å². The van der Waals surface area contributed by atoms with Crippen molar-refractivity contribution in [3.63, 3.8) is 0 Å². The summed E-state index contributed by atoms with van der Waals surface area (Å²) in [5.74, 6) is 0.521. The summed E-state index contributed by atoms with van der Waals surface area (Å²) in [7, 11) is 2.96. The highest BCUT2D eigenvalue weighted by atomic mass is 16.5. The monoisotopic (exact) mass is 300 g/mol. The average molecular weight is 300 g/mol. The van der Waals surface area contributed by atoms with E-state index < -0.39 is 0 Å². The zero-order valence-corrected chi connectivity index (χ0v) is 12.4. The topological polar surface area (TPSA) is 77.4 Å². The Morgan fingerprint density at radius 1 is 1.05 bits per heavy atom. The summed E-state index contributed by atoms with van der Waals surface area (Å²) in [5, 5.41) is 0. The molecule has 0 N–H and O–H groups in total. The number of anilines is 1. The van der Waals surface area contributed by atoms with Crippen molar-refractivity contribution >= 4 is 11.6 Å². The Labute approximate surface area is 127 Å². The van der Waals surface area contributed by atoms with Crippen LogP contribution in [-0.4, -0.2) is 35.1 Å². The Hall–Kier alpha value is -2.70. The van der Waals surface area contributed by atoms with Crippen LogP contribution in [0.15, 0.2) is 30.3 Å². The number of methoxy groups -OCH3 is 2. The molecule has 1 atom stereocenters. The first kappa shape index (κ1) is 14.2. The van der Waals surface area contributed by atoms with Gasteiger partial charge in [0.2, 0.25) is 5.91 Å². The van der Waals surface area contributed by atoms with Gasteiger partial charge in [0.1, 0.15) is 0 Å². The van der Waals surface area contributed by atoms with Crippen LogP contribution >= 0.6 is 0 Å². The maximum atomic E-state index is 12.3. The lowest BCUT2D eigenvalue weighted by Crippen LogP contribution is -2.28. The van der Waals surface area contributed by atoms with Gasteiger partial charge >= 0.3 is 12.0 Å². The van der Waals surface area contributed by atoms with Crippen molar-refractivity contribution in [1.82, 2.24) is 15.0 Å². The molecule has 114 valence electrons. The third-order valence-electron chi connectivity index (χ3n) is 3.52. The number of benzene rings is 1. The molecule has 2 heterocycles. The summed E-state index contributed by atoms with van der Waals surface area (Å²) in [4.78, 5) is 26.5. The molecule has 0 radical (unpaired) electrons. The summed E-state index contributed by atoms with van der Waals surface area (Å²) in [6.07, 6.45) is 1.10. The van der Waals surface area contributed by atoms with Gasteiger partial charge in [-0.1, -0.05) is 18.2 Å². The van der Waals surface area contributed by atoms with E-state index in [0.717, 1.165) is 5.69 Å². The Morgan fingerprint density at radius 3 is 2.27 bits per heavy atom. The second-order valence-electron chi connectivity index (χ2n) is 4.82. The van der Waals surface area contributed by atoms with Gasteiger partial charge in [0, 0.05) is 12.1 Å². The number of hydrogen-bond acceptors (Lipinski definition) is 6. The Morgan fingerprint density at radius 2 is 1.68 bits per heavy atom. The van der Waals surface area contributed by atoms with Gasteiger partial charge in [-0.3, -0.25) is 4.79 Å². The van der Waals surface area contributed by atoms with Gasteiger partial charge in [0.15, 0.2) is 5.82 Å². The number of nitrogens with zero attached hydrogens (tertiary/aromatic N) is 4. The zero-order chi connectivity index (χ0) is 15.5. The van der Waals surface area contributed by atoms with Gasteiger partial charge in [-0.15, -0.1) is 4.98 Å². The van der Waals surface area contributed by atoms with Gasteiger partial charge in [0.05, 0.1) is 20.3 Å². The highest BCUT2D eigenvalue weighted by Gasteiger charge is 2.35. The second kappa shape index (κ2) is 5.97. The summed E-state index contributed by atoms with van der Waals surface area (Å²) >= 11 is 0. The smallest absolute Gasteiger partial charge is 0.322 e. The van der Waals surface area contributed by atoms with Crippen molar-refractivity contribution in [2.24, 2.45) is 0 Å². The molecule has 1 saturated heterocycles. The molecule has 0 aliphatic carbocycles. The number of ether oxygens (including phenoxy) is 2. The first-order chi connectivity index (χ1) is 10.7. The molecule has 0 bridgehead atoms. The van der Waals surface area contributed by atoms with Gasteiger partial charge in [0.25, 0.3) is 0 Å². The van der Waals surface area contributed by atoms with Crippen LogP contribution in [0.3, 0.4) is 0 Å². The molecule has 1 aromatic carbocycles. The Kier molecular flexibility index (Phi) is 3.86. The number of amides is 1. The van der Waals surface area contributed by atoms with Crippen molar-refractivity contribution < 1.29 is 14.3 Å². The summed E-state index contributed by atoms with van der Waals surface area (Å²) in [5.41, 5.74) is 0.827. The minimum absolute atomic E-state index is 0.0505. The lowest BCUT2D eigenvalue weighted by Gasteiger charge is -2.23. The molecule has 1 aliphatic rings. The first-order valence-electron chi connectivity index (χ1n) is 6.94. The number of aromatic nitrogens is 3. The summed E-state index contributed by atoms with van der Waals surface area (Å²) in [6.45, 7) is 0. The van der Waals surface area contributed by atoms with Crippen molar-refractivity contribution in [3.8, 4) is 12.0 Å². The fraction of sp³-hybridized carbons (Fsp3) is 0.333. The Bertz CT molecular complexity index is 655. The third kappa shape index (κ3) is 2.57. The average Bonchev–Trinajstić information content (AvgIpc) is 2.96.